The van der Waals surface area contributed by atoms with E-state index in [1.54, 1.807) is 0 Å². The van der Waals surface area contributed by atoms with E-state index in [0.29, 0.717) is 12.6 Å². The second-order valence-corrected chi connectivity index (χ2v) is 4.93. The van der Waals surface area contributed by atoms with Crippen LogP contribution in [0.25, 0.3) is 0 Å². The van der Waals surface area contributed by atoms with Crippen molar-refractivity contribution >= 4 is 0 Å². The predicted molar refractivity (Wildman–Crippen MR) is 54.5 cm³/mol. The van der Waals surface area contributed by atoms with Crippen LogP contribution in [0.5, 0.6) is 0 Å². The van der Waals surface area contributed by atoms with E-state index in [9.17, 15) is 5.11 Å². The van der Waals surface area contributed by atoms with Gasteiger partial charge >= 0.3 is 0 Å². The molecule has 0 aliphatic carbocycles. The molecule has 2 unspecified atom stereocenters. The predicted octanol–water partition coefficient (Wildman–Crippen LogP) is 0.474. The van der Waals surface area contributed by atoms with E-state index in [1.165, 1.54) is 0 Å². The summed E-state index contributed by atoms with van der Waals surface area (Å²) in [5, 5.41) is 13.8. The van der Waals surface area contributed by atoms with Gasteiger partial charge in [-0.05, 0) is 26.3 Å². The quantitative estimate of drug-likeness (QED) is 0.588. The summed E-state index contributed by atoms with van der Waals surface area (Å²) in [5.41, 5.74) is 4.92. The van der Waals surface area contributed by atoms with Crippen molar-refractivity contribution in [1.29, 1.82) is 0 Å². The fourth-order valence-corrected chi connectivity index (χ4v) is 2.01. The third kappa shape index (κ3) is 2.03. The topological polar surface area (TPSA) is 58.3 Å². The van der Waals surface area contributed by atoms with Gasteiger partial charge in [-0.3, -0.25) is 0 Å². The van der Waals surface area contributed by atoms with Crippen molar-refractivity contribution in [2.75, 3.05) is 13.1 Å². The molecule has 2 atom stereocenters. The molecule has 0 bridgehead atoms. The average molecular weight is 186 g/mol. The van der Waals surface area contributed by atoms with Gasteiger partial charge in [-0.25, -0.2) is 0 Å². The van der Waals surface area contributed by atoms with Gasteiger partial charge in [0.25, 0.3) is 0 Å². The first kappa shape index (κ1) is 11.0. The zero-order chi connectivity index (χ0) is 10.1. The summed E-state index contributed by atoms with van der Waals surface area (Å²) in [6, 6.07) is 0.393. The third-order valence-corrected chi connectivity index (χ3v) is 3.45. The molecule has 1 aliphatic rings. The first-order chi connectivity index (χ1) is 5.91. The van der Waals surface area contributed by atoms with Crippen molar-refractivity contribution < 1.29 is 5.11 Å². The lowest BCUT2D eigenvalue weighted by Crippen LogP contribution is -2.57. The van der Waals surface area contributed by atoms with E-state index in [0.717, 1.165) is 19.4 Å². The van der Waals surface area contributed by atoms with Crippen molar-refractivity contribution in [3.05, 3.63) is 0 Å². The molecule has 0 aromatic heterocycles. The second kappa shape index (κ2) is 3.56. The summed E-state index contributed by atoms with van der Waals surface area (Å²) in [6.07, 6.45) is 1.61. The molecule has 0 radical (unpaired) electrons. The molecule has 1 fully saturated rings. The fourth-order valence-electron chi connectivity index (χ4n) is 2.01. The Bertz CT molecular complexity index is 182. The number of piperidine rings is 1. The highest BCUT2D eigenvalue weighted by molar-refractivity contribution is 4.99. The molecule has 1 heterocycles. The molecular weight excluding hydrogens is 164 g/mol. The van der Waals surface area contributed by atoms with Gasteiger partial charge in [-0.15, -0.1) is 0 Å². The van der Waals surface area contributed by atoms with E-state index < -0.39 is 5.60 Å². The minimum Gasteiger partial charge on any atom is -0.389 e. The molecule has 1 aliphatic heterocycles. The molecule has 78 valence electrons. The Balaban J connectivity index is 2.74. The lowest BCUT2D eigenvalue weighted by molar-refractivity contribution is -0.0919. The van der Waals surface area contributed by atoms with Crippen molar-refractivity contribution in [2.24, 2.45) is 11.1 Å². The Morgan fingerprint density at radius 2 is 2.23 bits per heavy atom. The van der Waals surface area contributed by atoms with Crippen LogP contribution >= 0.6 is 0 Å². The van der Waals surface area contributed by atoms with Gasteiger partial charge in [0.05, 0.1) is 5.60 Å². The van der Waals surface area contributed by atoms with Crippen LogP contribution < -0.4 is 11.1 Å². The molecule has 4 N–H and O–H groups in total. The number of nitrogens with one attached hydrogen (secondary N) is 1. The summed E-state index contributed by atoms with van der Waals surface area (Å²) in [6.45, 7) is 7.63. The number of nitrogens with two attached hydrogens (primary N) is 1. The zero-order valence-electron chi connectivity index (χ0n) is 8.93. The average Bonchev–Trinajstić information content (AvgIpc) is 2.03. The molecule has 3 heteroatoms. The third-order valence-electron chi connectivity index (χ3n) is 3.45. The molecule has 13 heavy (non-hydrogen) atoms. The van der Waals surface area contributed by atoms with Crippen LogP contribution in [0.1, 0.15) is 33.6 Å². The maximum atomic E-state index is 10.4. The Morgan fingerprint density at radius 1 is 1.62 bits per heavy atom. The molecule has 1 saturated heterocycles. The maximum Gasteiger partial charge on any atom is 0.0737 e. The first-order valence-corrected chi connectivity index (χ1v) is 5.07. The van der Waals surface area contributed by atoms with Crippen LogP contribution in [0.4, 0.5) is 0 Å². The Kier molecular flexibility index (Phi) is 3.00. The fraction of sp³-hybridized carbons (Fsp3) is 1.00. The highest BCUT2D eigenvalue weighted by Crippen LogP contribution is 2.38. The minimum absolute atomic E-state index is 0.177. The number of rotatable bonds is 2. The maximum absolute atomic E-state index is 10.4. The van der Waals surface area contributed by atoms with Gasteiger partial charge in [0.15, 0.2) is 0 Å². The summed E-state index contributed by atoms with van der Waals surface area (Å²) in [5.74, 6) is 0. The summed E-state index contributed by atoms with van der Waals surface area (Å²) in [7, 11) is 0. The largest absolute Gasteiger partial charge is 0.389 e. The van der Waals surface area contributed by atoms with Gasteiger partial charge in [0.1, 0.15) is 0 Å². The van der Waals surface area contributed by atoms with Gasteiger partial charge in [0, 0.05) is 18.0 Å². The standard InChI is InChI=1S/C10H22N2O/c1-8-6-10(13,4-5-12-8)9(2,3)7-11/h8,12-13H,4-7,11H2,1-3H3. The van der Waals surface area contributed by atoms with Gasteiger partial charge in [-0.1, -0.05) is 13.8 Å². The molecular formula is C10H22N2O. The number of aliphatic hydroxyl groups is 1. The van der Waals surface area contributed by atoms with Crippen LogP contribution in [-0.4, -0.2) is 29.8 Å². The molecule has 0 saturated carbocycles. The zero-order valence-corrected chi connectivity index (χ0v) is 8.93. The number of hydrogen-bond acceptors (Lipinski definition) is 3. The van der Waals surface area contributed by atoms with E-state index in [4.69, 9.17) is 5.73 Å². The van der Waals surface area contributed by atoms with Crippen molar-refractivity contribution in [3.8, 4) is 0 Å². The monoisotopic (exact) mass is 186 g/mol. The highest BCUT2D eigenvalue weighted by atomic mass is 16.3. The molecule has 0 spiro atoms. The lowest BCUT2D eigenvalue weighted by Gasteiger charge is -2.46. The minimum atomic E-state index is -0.591. The highest BCUT2D eigenvalue weighted by Gasteiger charge is 2.44. The summed E-state index contributed by atoms with van der Waals surface area (Å²) < 4.78 is 0. The summed E-state index contributed by atoms with van der Waals surface area (Å²) >= 11 is 0. The molecule has 0 aromatic rings. The van der Waals surface area contributed by atoms with E-state index in [2.05, 4.69) is 12.2 Å². The molecule has 3 nitrogen and oxygen atoms in total. The first-order valence-electron chi connectivity index (χ1n) is 5.07. The second-order valence-electron chi connectivity index (χ2n) is 4.93. The Morgan fingerprint density at radius 3 is 2.69 bits per heavy atom. The Labute approximate surface area is 80.7 Å². The number of hydrogen-bond donors (Lipinski definition) is 3. The van der Waals surface area contributed by atoms with Crippen molar-refractivity contribution in [3.63, 3.8) is 0 Å². The normalized spacial score (nSPS) is 36.2. The molecule has 0 aromatic carbocycles. The van der Waals surface area contributed by atoms with Crippen LogP contribution in [0.2, 0.25) is 0 Å². The Hall–Kier alpha value is -0.120. The van der Waals surface area contributed by atoms with Crippen LogP contribution in [0.3, 0.4) is 0 Å². The van der Waals surface area contributed by atoms with Crippen molar-refractivity contribution in [1.82, 2.24) is 5.32 Å². The molecule has 0 amide bonds. The lowest BCUT2D eigenvalue weighted by atomic mass is 9.68. The van der Waals surface area contributed by atoms with Gasteiger partial charge in [-0.2, -0.15) is 0 Å². The van der Waals surface area contributed by atoms with E-state index >= 15 is 0 Å². The van der Waals surface area contributed by atoms with Crippen molar-refractivity contribution in [2.45, 2.75) is 45.3 Å². The van der Waals surface area contributed by atoms with Crippen LogP contribution in [0.15, 0.2) is 0 Å². The SMILES string of the molecule is CC1CC(O)(C(C)(C)CN)CCN1. The molecule has 1 rings (SSSR count). The van der Waals surface area contributed by atoms with Gasteiger partial charge < -0.3 is 16.2 Å². The van der Waals surface area contributed by atoms with Crippen LogP contribution in [-0.2, 0) is 0 Å². The smallest absolute Gasteiger partial charge is 0.0737 e. The van der Waals surface area contributed by atoms with Crippen LogP contribution in [0, 0.1) is 5.41 Å². The van der Waals surface area contributed by atoms with E-state index in [1.807, 2.05) is 13.8 Å². The summed E-state index contributed by atoms with van der Waals surface area (Å²) in [4.78, 5) is 0. The van der Waals surface area contributed by atoms with Gasteiger partial charge in [0.2, 0.25) is 0 Å². The van der Waals surface area contributed by atoms with E-state index in [-0.39, 0.29) is 5.41 Å².